The second-order valence-electron chi connectivity index (χ2n) is 4.16. The summed E-state index contributed by atoms with van der Waals surface area (Å²) in [7, 11) is 0. The van der Waals surface area contributed by atoms with Gasteiger partial charge in [-0.1, -0.05) is 26.0 Å². The first kappa shape index (κ1) is 14.0. The lowest BCUT2D eigenvalue weighted by Crippen LogP contribution is -2.31. The normalized spacial score (nSPS) is 12.4. The van der Waals surface area contributed by atoms with Gasteiger partial charge < -0.3 is 15.2 Å². The number of hydrogen-bond donors (Lipinski definition) is 2. The fourth-order valence-electron chi connectivity index (χ4n) is 1.57. The van der Waals surface area contributed by atoms with Crippen molar-refractivity contribution < 1.29 is 9.84 Å². The van der Waals surface area contributed by atoms with Crippen LogP contribution in [0, 0.1) is 0 Å². The molecule has 0 saturated carbocycles. The van der Waals surface area contributed by atoms with E-state index in [0.29, 0.717) is 0 Å². The number of aliphatic hydroxyl groups excluding tert-OH is 1. The highest BCUT2D eigenvalue weighted by molar-refractivity contribution is 5.28. The molecule has 1 aromatic rings. The summed E-state index contributed by atoms with van der Waals surface area (Å²) in [5, 5.41) is 12.4. The third kappa shape index (κ3) is 5.20. The Hall–Kier alpha value is -1.06. The van der Waals surface area contributed by atoms with Gasteiger partial charge in [0.25, 0.3) is 0 Å². The van der Waals surface area contributed by atoms with Gasteiger partial charge in [0.05, 0.1) is 13.2 Å². The van der Waals surface area contributed by atoms with Crippen LogP contribution in [0.25, 0.3) is 0 Å². The van der Waals surface area contributed by atoms with Crippen molar-refractivity contribution >= 4 is 0 Å². The molecular weight excluding hydrogens is 214 g/mol. The SMILES string of the molecule is CCCOc1cccc(CNC(CC)CO)c1. The molecule has 2 N–H and O–H groups in total. The summed E-state index contributed by atoms with van der Waals surface area (Å²) < 4.78 is 5.58. The first-order chi connectivity index (χ1) is 8.30. The average molecular weight is 237 g/mol. The van der Waals surface area contributed by atoms with E-state index in [0.717, 1.165) is 31.7 Å². The van der Waals surface area contributed by atoms with E-state index in [2.05, 4.69) is 25.2 Å². The molecule has 1 unspecified atom stereocenters. The zero-order chi connectivity index (χ0) is 12.5. The lowest BCUT2D eigenvalue weighted by molar-refractivity contribution is 0.238. The maximum Gasteiger partial charge on any atom is 0.119 e. The van der Waals surface area contributed by atoms with Crippen molar-refractivity contribution in [3.05, 3.63) is 29.8 Å². The van der Waals surface area contributed by atoms with E-state index in [1.807, 2.05) is 18.2 Å². The average Bonchev–Trinajstić information content (AvgIpc) is 2.38. The van der Waals surface area contributed by atoms with Crippen LogP contribution in [-0.4, -0.2) is 24.4 Å². The van der Waals surface area contributed by atoms with Gasteiger partial charge in [0.2, 0.25) is 0 Å². The smallest absolute Gasteiger partial charge is 0.119 e. The van der Waals surface area contributed by atoms with Crippen molar-refractivity contribution in [2.45, 2.75) is 39.3 Å². The van der Waals surface area contributed by atoms with Crippen LogP contribution >= 0.6 is 0 Å². The monoisotopic (exact) mass is 237 g/mol. The van der Waals surface area contributed by atoms with Gasteiger partial charge in [-0.3, -0.25) is 0 Å². The predicted octanol–water partition coefficient (Wildman–Crippen LogP) is 2.34. The molecule has 0 spiro atoms. The maximum atomic E-state index is 9.09. The molecule has 0 radical (unpaired) electrons. The van der Waals surface area contributed by atoms with Crippen molar-refractivity contribution in [3.8, 4) is 5.75 Å². The minimum absolute atomic E-state index is 0.176. The van der Waals surface area contributed by atoms with Crippen molar-refractivity contribution in [1.29, 1.82) is 0 Å². The van der Waals surface area contributed by atoms with Crippen molar-refractivity contribution in [2.24, 2.45) is 0 Å². The van der Waals surface area contributed by atoms with E-state index < -0.39 is 0 Å². The van der Waals surface area contributed by atoms with Gasteiger partial charge in [0, 0.05) is 12.6 Å². The van der Waals surface area contributed by atoms with Crippen LogP contribution in [0.3, 0.4) is 0 Å². The summed E-state index contributed by atoms with van der Waals surface area (Å²) in [5.74, 6) is 0.920. The maximum absolute atomic E-state index is 9.09. The standard InChI is InChI=1S/C14H23NO2/c1-3-8-17-14-7-5-6-12(9-14)10-15-13(4-2)11-16/h5-7,9,13,15-16H,3-4,8,10-11H2,1-2H3. The quantitative estimate of drug-likeness (QED) is 0.729. The second-order valence-corrected chi connectivity index (χ2v) is 4.16. The lowest BCUT2D eigenvalue weighted by atomic mass is 10.2. The van der Waals surface area contributed by atoms with Crippen molar-refractivity contribution in [3.63, 3.8) is 0 Å². The fourth-order valence-corrected chi connectivity index (χ4v) is 1.57. The zero-order valence-corrected chi connectivity index (χ0v) is 10.8. The Bertz CT molecular complexity index is 311. The number of hydrogen-bond acceptors (Lipinski definition) is 3. The number of nitrogens with one attached hydrogen (secondary N) is 1. The zero-order valence-electron chi connectivity index (χ0n) is 10.8. The summed E-state index contributed by atoms with van der Waals surface area (Å²) in [5.41, 5.74) is 1.19. The third-order valence-electron chi connectivity index (χ3n) is 2.68. The third-order valence-corrected chi connectivity index (χ3v) is 2.68. The predicted molar refractivity (Wildman–Crippen MR) is 70.2 cm³/mol. The Morgan fingerprint density at radius 1 is 1.35 bits per heavy atom. The van der Waals surface area contributed by atoms with Gasteiger partial charge in [-0.05, 0) is 30.5 Å². The molecule has 96 valence electrons. The van der Waals surface area contributed by atoms with E-state index in [1.54, 1.807) is 0 Å². The van der Waals surface area contributed by atoms with E-state index in [4.69, 9.17) is 9.84 Å². The summed E-state index contributed by atoms with van der Waals surface area (Å²) in [6.45, 7) is 5.86. The number of aliphatic hydroxyl groups is 1. The topological polar surface area (TPSA) is 41.5 Å². The molecule has 0 fully saturated rings. The molecule has 3 nitrogen and oxygen atoms in total. The Kier molecular flexibility index (Phi) is 6.67. The first-order valence-corrected chi connectivity index (χ1v) is 6.36. The summed E-state index contributed by atoms with van der Waals surface area (Å²) in [4.78, 5) is 0. The number of benzene rings is 1. The summed E-state index contributed by atoms with van der Waals surface area (Å²) >= 11 is 0. The van der Waals surface area contributed by atoms with E-state index >= 15 is 0 Å². The molecule has 0 heterocycles. The Morgan fingerprint density at radius 2 is 2.18 bits per heavy atom. The van der Waals surface area contributed by atoms with Gasteiger partial charge in [-0.15, -0.1) is 0 Å². The van der Waals surface area contributed by atoms with Gasteiger partial charge in [-0.25, -0.2) is 0 Å². The van der Waals surface area contributed by atoms with Gasteiger partial charge in [0.15, 0.2) is 0 Å². The molecule has 0 aliphatic rings. The molecule has 0 amide bonds. The van der Waals surface area contributed by atoms with Crippen LogP contribution in [0.1, 0.15) is 32.3 Å². The molecule has 0 saturated heterocycles. The molecule has 0 aliphatic carbocycles. The van der Waals surface area contributed by atoms with Crippen LogP contribution in [0.2, 0.25) is 0 Å². The van der Waals surface area contributed by atoms with Crippen LogP contribution < -0.4 is 10.1 Å². The lowest BCUT2D eigenvalue weighted by Gasteiger charge is -2.14. The first-order valence-electron chi connectivity index (χ1n) is 6.36. The van der Waals surface area contributed by atoms with Gasteiger partial charge in [-0.2, -0.15) is 0 Å². The van der Waals surface area contributed by atoms with Gasteiger partial charge in [0.1, 0.15) is 5.75 Å². The molecule has 0 aromatic heterocycles. The molecular formula is C14H23NO2. The minimum Gasteiger partial charge on any atom is -0.494 e. The molecule has 0 bridgehead atoms. The summed E-state index contributed by atoms with van der Waals surface area (Å²) in [6, 6.07) is 8.27. The van der Waals surface area contributed by atoms with E-state index in [1.165, 1.54) is 5.56 Å². The Balaban J connectivity index is 2.47. The largest absolute Gasteiger partial charge is 0.494 e. The summed E-state index contributed by atoms with van der Waals surface area (Å²) in [6.07, 6.45) is 1.95. The van der Waals surface area contributed by atoms with E-state index in [9.17, 15) is 0 Å². The molecule has 1 atom stereocenters. The minimum atomic E-state index is 0.176. The van der Waals surface area contributed by atoms with Crippen LogP contribution in [-0.2, 0) is 6.54 Å². The van der Waals surface area contributed by atoms with Crippen molar-refractivity contribution in [2.75, 3.05) is 13.2 Å². The highest BCUT2D eigenvalue weighted by Crippen LogP contribution is 2.13. The fraction of sp³-hybridized carbons (Fsp3) is 0.571. The number of ether oxygens (including phenoxy) is 1. The highest BCUT2D eigenvalue weighted by atomic mass is 16.5. The molecule has 17 heavy (non-hydrogen) atoms. The van der Waals surface area contributed by atoms with Crippen LogP contribution in [0.5, 0.6) is 5.75 Å². The van der Waals surface area contributed by atoms with Crippen molar-refractivity contribution in [1.82, 2.24) is 5.32 Å². The van der Waals surface area contributed by atoms with E-state index in [-0.39, 0.29) is 12.6 Å². The second kappa shape index (κ2) is 8.09. The van der Waals surface area contributed by atoms with Crippen LogP contribution in [0.4, 0.5) is 0 Å². The molecule has 1 aromatic carbocycles. The molecule has 3 heteroatoms. The Morgan fingerprint density at radius 3 is 2.82 bits per heavy atom. The highest BCUT2D eigenvalue weighted by Gasteiger charge is 2.03. The molecule has 1 rings (SSSR count). The molecule has 0 aliphatic heterocycles. The Labute approximate surface area is 104 Å². The number of rotatable bonds is 8. The van der Waals surface area contributed by atoms with Crippen LogP contribution in [0.15, 0.2) is 24.3 Å². The van der Waals surface area contributed by atoms with Gasteiger partial charge >= 0.3 is 0 Å².